The molecule has 11 heteroatoms. The zero-order valence-electron chi connectivity index (χ0n) is 12.9. The number of rotatable bonds is 5. The second-order valence-electron chi connectivity index (χ2n) is 4.89. The molecule has 0 spiro atoms. The van der Waals surface area contributed by atoms with E-state index < -0.39 is 27.4 Å². The number of nitrogens with zero attached hydrogens (tertiary/aromatic N) is 1. The van der Waals surface area contributed by atoms with Crippen LogP contribution in [0.1, 0.15) is 10.5 Å². The Balaban J connectivity index is 2.22. The van der Waals surface area contributed by atoms with Crippen LogP contribution in [-0.4, -0.2) is 38.1 Å². The van der Waals surface area contributed by atoms with E-state index in [0.717, 1.165) is 17.3 Å². The number of halogens is 2. The second-order valence-corrected chi connectivity index (χ2v) is 7.66. The third-order valence-corrected chi connectivity index (χ3v) is 5.65. The van der Waals surface area contributed by atoms with Gasteiger partial charge < -0.3 is 9.72 Å². The highest BCUT2D eigenvalue weighted by Crippen LogP contribution is 2.31. The molecule has 0 unspecified atom stereocenters. The summed E-state index contributed by atoms with van der Waals surface area (Å²) in [7, 11) is -2.74. The number of hydrogen-bond acceptors (Lipinski definition) is 6. The highest BCUT2D eigenvalue weighted by molar-refractivity contribution is 7.92. The summed E-state index contributed by atoms with van der Waals surface area (Å²) in [5, 5.41) is 9.10. The molecule has 0 saturated carbocycles. The van der Waals surface area contributed by atoms with Gasteiger partial charge in [-0.3, -0.25) is 10.4 Å². The van der Waals surface area contributed by atoms with Crippen LogP contribution in [0.3, 0.4) is 0 Å². The molecule has 0 atom stereocenters. The molecule has 4 N–H and O–H groups in total. The van der Waals surface area contributed by atoms with E-state index in [4.69, 9.17) is 34.5 Å². The minimum Gasteiger partial charge on any atom is -0.464 e. The monoisotopic (exact) mass is 404 g/mol. The van der Waals surface area contributed by atoms with Gasteiger partial charge in [0.2, 0.25) is 0 Å². The van der Waals surface area contributed by atoms with Crippen LogP contribution in [0.2, 0.25) is 10.0 Å². The predicted molar refractivity (Wildman–Crippen MR) is 95.0 cm³/mol. The maximum atomic E-state index is 12.4. The molecule has 0 radical (unpaired) electrons. The molecule has 1 aromatic heterocycles. The molecule has 0 bridgehead atoms. The number of esters is 1. The summed E-state index contributed by atoms with van der Waals surface area (Å²) in [6, 6.07) is 5.73. The van der Waals surface area contributed by atoms with Crippen LogP contribution in [0.4, 0.5) is 5.69 Å². The molecular weight excluding hydrogens is 391 g/mol. The number of benzene rings is 1. The molecule has 1 aromatic carbocycles. The number of carbonyl (C=O) groups excluding carboxylic acids is 1. The number of anilines is 1. The number of ether oxygens (including phenoxy) is 1. The van der Waals surface area contributed by atoms with Gasteiger partial charge in [-0.2, -0.15) is 0 Å². The number of hydrazine groups is 1. The lowest BCUT2D eigenvalue weighted by molar-refractivity contribution is 0.0594. The molecule has 8 nitrogen and oxygen atoms in total. The fourth-order valence-electron chi connectivity index (χ4n) is 1.94. The van der Waals surface area contributed by atoms with Gasteiger partial charge in [0, 0.05) is 6.20 Å². The highest BCUT2D eigenvalue weighted by Gasteiger charge is 2.24. The minimum atomic E-state index is -3.92. The number of carbonyl (C=O) groups is 1. The standard InChI is InChI=1S/C14H14Cl2N4O4S/c1-24-14(21)10-5-8(6-19-10)25(22,23)7-12(17)20(18)11-4-2-3-9(15)13(11)16/h2-6,17,19H,7,18H2,1H3. The lowest BCUT2D eigenvalue weighted by Crippen LogP contribution is -2.41. The fourth-order valence-corrected chi connectivity index (χ4v) is 3.53. The molecular formula is C14H14Cl2N4O4S. The first-order valence-corrected chi connectivity index (χ1v) is 9.14. The summed E-state index contributed by atoms with van der Waals surface area (Å²) in [4.78, 5) is 13.7. The number of nitrogens with one attached hydrogen (secondary N) is 2. The Morgan fingerprint density at radius 3 is 2.72 bits per heavy atom. The Morgan fingerprint density at radius 1 is 1.40 bits per heavy atom. The summed E-state index contributed by atoms with van der Waals surface area (Å²) in [5.74, 6) is 3.95. The molecule has 2 rings (SSSR count). The van der Waals surface area contributed by atoms with E-state index in [1.165, 1.54) is 19.2 Å². The topological polar surface area (TPSA) is 129 Å². The summed E-state index contributed by atoms with van der Waals surface area (Å²) >= 11 is 11.9. The van der Waals surface area contributed by atoms with Gasteiger partial charge in [-0.1, -0.05) is 29.3 Å². The predicted octanol–water partition coefficient (Wildman–Crippen LogP) is 2.24. The molecule has 1 heterocycles. The summed E-state index contributed by atoms with van der Waals surface area (Å²) in [6.07, 6.45) is 1.14. The highest BCUT2D eigenvalue weighted by atomic mass is 35.5. The van der Waals surface area contributed by atoms with E-state index in [-0.39, 0.29) is 26.3 Å². The van der Waals surface area contributed by atoms with Crippen molar-refractivity contribution in [2.75, 3.05) is 17.9 Å². The van der Waals surface area contributed by atoms with Crippen LogP contribution < -0.4 is 10.9 Å². The number of sulfone groups is 1. The van der Waals surface area contributed by atoms with Gasteiger partial charge in [0.1, 0.15) is 17.3 Å². The van der Waals surface area contributed by atoms with Gasteiger partial charge in [-0.25, -0.2) is 19.1 Å². The summed E-state index contributed by atoms with van der Waals surface area (Å²) in [6.45, 7) is 0. The molecule has 0 saturated heterocycles. The van der Waals surface area contributed by atoms with Crippen molar-refractivity contribution >= 4 is 50.5 Å². The molecule has 0 aliphatic rings. The SMILES string of the molecule is COC(=O)c1cc(S(=O)(=O)CC(=N)N(N)c2cccc(Cl)c2Cl)c[nH]1. The van der Waals surface area contributed by atoms with E-state index in [0.29, 0.717) is 0 Å². The van der Waals surface area contributed by atoms with Crippen molar-refractivity contribution in [2.24, 2.45) is 5.84 Å². The van der Waals surface area contributed by atoms with E-state index in [2.05, 4.69) is 9.72 Å². The number of amidine groups is 1. The lowest BCUT2D eigenvalue weighted by atomic mass is 10.3. The Bertz CT molecular complexity index is 927. The van der Waals surface area contributed by atoms with Crippen molar-refractivity contribution in [1.29, 1.82) is 5.41 Å². The average Bonchev–Trinajstić information content (AvgIpc) is 3.06. The van der Waals surface area contributed by atoms with E-state index in [1.54, 1.807) is 6.07 Å². The van der Waals surface area contributed by atoms with Crippen LogP contribution in [0.25, 0.3) is 0 Å². The van der Waals surface area contributed by atoms with Crippen molar-refractivity contribution in [3.05, 3.63) is 46.2 Å². The number of aromatic amines is 1. The minimum absolute atomic E-state index is 0.0184. The first kappa shape index (κ1) is 19.3. The van der Waals surface area contributed by atoms with Crippen molar-refractivity contribution in [3.8, 4) is 0 Å². The first-order valence-electron chi connectivity index (χ1n) is 6.73. The number of nitrogens with two attached hydrogens (primary N) is 1. The smallest absolute Gasteiger partial charge is 0.354 e. The average molecular weight is 405 g/mol. The van der Waals surface area contributed by atoms with Gasteiger partial charge in [-0.15, -0.1) is 0 Å². The van der Waals surface area contributed by atoms with Gasteiger partial charge in [-0.05, 0) is 18.2 Å². The zero-order valence-corrected chi connectivity index (χ0v) is 15.2. The Labute approximate surface area is 153 Å². The van der Waals surface area contributed by atoms with Crippen molar-refractivity contribution < 1.29 is 17.9 Å². The summed E-state index contributed by atoms with van der Waals surface area (Å²) in [5.41, 5.74) is 0.175. The zero-order chi connectivity index (χ0) is 18.8. The summed E-state index contributed by atoms with van der Waals surface area (Å²) < 4.78 is 29.3. The molecule has 0 fully saturated rings. The maximum Gasteiger partial charge on any atom is 0.354 e. The molecule has 0 aliphatic heterocycles. The van der Waals surface area contributed by atoms with Gasteiger partial charge in [0.15, 0.2) is 9.84 Å². The second kappa shape index (κ2) is 7.44. The molecule has 0 amide bonds. The number of aromatic nitrogens is 1. The van der Waals surface area contributed by atoms with Gasteiger partial charge in [0.05, 0.1) is 27.7 Å². The van der Waals surface area contributed by atoms with Crippen LogP contribution in [0, 0.1) is 5.41 Å². The molecule has 0 aliphatic carbocycles. The quantitative estimate of drug-likeness (QED) is 0.230. The number of hydrogen-bond donors (Lipinski definition) is 3. The molecule has 134 valence electrons. The molecule has 25 heavy (non-hydrogen) atoms. The Kier molecular flexibility index (Phi) is 5.73. The fraction of sp³-hybridized carbons (Fsp3) is 0.143. The van der Waals surface area contributed by atoms with E-state index in [9.17, 15) is 13.2 Å². The number of methoxy groups -OCH3 is 1. The Hall–Kier alpha value is -2.07. The maximum absolute atomic E-state index is 12.4. The van der Waals surface area contributed by atoms with E-state index >= 15 is 0 Å². The number of H-pyrrole nitrogens is 1. The van der Waals surface area contributed by atoms with Crippen LogP contribution in [-0.2, 0) is 14.6 Å². The van der Waals surface area contributed by atoms with E-state index in [1.807, 2.05) is 0 Å². The van der Waals surface area contributed by atoms with Crippen molar-refractivity contribution in [1.82, 2.24) is 4.98 Å². The van der Waals surface area contributed by atoms with Gasteiger partial charge >= 0.3 is 5.97 Å². The van der Waals surface area contributed by atoms with Crippen molar-refractivity contribution in [2.45, 2.75) is 4.90 Å². The third kappa shape index (κ3) is 4.13. The van der Waals surface area contributed by atoms with Crippen LogP contribution in [0.15, 0.2) is 35.4 Å². The first-order chi connectivity index (χ1) is 11.7. The normalized spacial score (nSPS) is 11.2. The van der Waals surface area contributed by atoms with Gasteiger partial charge in [0.25, 0.3) is 0 Å². The Morgan fingerprint density at radius 2 is 2.08 bits per heavy atom. The van der Waals surface area contributed by atoms with Crippen molar-refractivity contribution in [3.63, 3.8) is 0 Å². The van der Waals surface area contributed by atoms with Crippen LogP contribution >= 0.6 is 23.2 Å². The third-order valence-electron chi connectivity index (χ3n) is 3.23. The molecule has 2 aromatic rings. The lowest BCUT2D eigenvalue weighted by Gasteiger charge is -2.20. The van der Waals surface area contributed by atoms with Crippen LogP contribution in [0.5, 0.6) is 0 Å². The largest absolute Gasteiger partial charge is 0.464 e.